The number of nitrogens with two attached hydrogens (primary N) is 1. The van der Waals surface area contributed by atoms with Crippen molar-refractivity contribution < 1.29 is 13.2 Å². The first-order chi connectivity index (χ1) is 11.2. The van der Waals surface area contributed by atoms with Crippen LogP contribution in [-0.2, 0) is 10.0 Å². The Balaban J connectivity index is 0.00000312. The third kappa shape index (κ3) is 5.44. The summed E-state index contributed by atoms with van der Waals surface area (Å²) in [5.41, 5.74) is 5.36. The minimum atomic E-state index is -3.74. The van der Waals surface area contributed by atoms with Gasteiger partial charge in [0.25, 0.3) is 5.91 Å². The van der Waals surface area contributed by atoms with Crippen LogP contribution in [0.1, 0.15) is 50.5 Å². The molecule has 0 aliphatic carbocycles. The van der Waals surface area contributed by atoms with Crippen LogP contribution in [0.2, 0.25) is 0 Å². The number of aromatic nitrogens is 1. The molecule has 1 amide bonds. The van der Waals surface area contributed by atoms with Gasteiger partial charge in [0.2, 0.25) is 10.0 Å². The van der Waals surface area contributed by atoms with Gasteiger partial charge in [-0.15, -0.1) is 12.4 Å². The lowest BCUT2D eigenvalue weighted by molar-refractivity contribution is 0.0787. The number of nitrogens with zero attached hydrogens (tertiary/aromatic N) is 1. The summed E-state index contributed by atoms with van der Waals surface area (Å²) in [7, 11) is -3.74. The maximum absolute atomic E-state index is 12.6. The van der Waals surface area contributed by atoms with E-state index in [1.807, 2.05) is 13.8 Å². The van der Waals surface area contributed by atoms with Gasteiger partial charge < -0.3 is 15.6 Å². The molecule has 0 radical (unpaired) electrons. The average molecular weight is 393 g/mol. The number of nitrogens with one attached hydrogen (secondary N) is 2. The molecule has 0 bridgehead atoms. The SMILES string of the molecule is CC(C)CC(C)(CN)NS(=O)(=O)c1c[nH]c(C(=O)N2CCCC2)c1.Cl. The Morgan fingerprint density at radius 2 is 2.00 bits per heavy atom. The first-order valence-corrected chi connectivity index (χ1v) is 9.87. The first kappa shape index (κ1) is 22.0. The van der Waals surface area contributed by atoms with E-state index in [2.05, 4.69) is 9.71 Å². The minimum absolute atomic E-state index is 0. The van der Waals surface area contributed by atoms with Gasteiger partial charge in [0.15, 0.2) is 0 Å². The molecule has 1 unspecified atom stereocenters. The Morgan fingerprint density at radius 3 is 2.52 bits per heavy atom. The number of aromatic amines is 1. The lowest BCUT2D eigenvalue weighted by Crippen LogP contribution is -2.51. The van der Waals surface area contributed by atoms with Crippen LogP contribution < -0.4 is 10.5 Å². The lowest BCUT2D eigenvalue weighted by atomic mass is 9.92. The highest BCUT2D eigenvalue weighted by Gasteiger charge is 2.31. The smallest absolute Gasteiger partial charge is 0.270 e. The number of carbonyl (C=O) groups excluding carboxylic acids is 1. The minimum Gasteiger partial charge on any atom is -0.356 e. The third-order valence-electron chi connectivity index (χ3n) is 4.28. The van der Waals surface area contributed by atoms with Gasteiger partial charge in [0, 0.05) is 31.4 Å². The van der Waals surface area contributed by atoms with Gasteiger partial charge in [-0.3, -0.25) is 4.79 Å². The molecule has 1 saturated heterocycles. The molecule has 1 atom stereocenters. The number of rotatable bonds is 7. The van der Waals surface area contributed by atoms with Gasteiger partial charge in [-0.1, -0.05) is 13.8 Å². The van der Waals surface area contributed by atoms with Gasteiger partial charge >= 0.3 is 0 Å². The van der Waals surface area contributed by atoms with Crippen molar-refractivity contribution in [3.8, 4) is 0 Å². The van der Waals surface area contributed by atoms with Crippen LogP contribution in [0.3, 0.4) is 0 Å². The molecule has 0 saturated carbocycles. The number of likely N-dealkylation sites (tertiary alicyclic amines) is 1. The molecule has 1 fully saturated rings. The van der Waals surface area contributed by atoms with Gasteiger partial charge in [-0.25, -0.2) is 13.1 Å². The van der Waals surface area contributed by atoms with E-state index in [9.17, 15) is 13.2 Å². The van der Waals surface area contributed by atoms with E-state index in [1.165, 1.54) is 12.3 Å². The van der Waals surface area contributed by atoms with Crippen LogP contribution in [0.25, 0.3) is 0 Å². The van der Waals surface area contributed by atoms with E-state index in [1.54, 1.807) is 11.8 Å². The molecule has 2 heterocycles. The monoisotopic (exact) mass is 392 g/mol. The largest absolute Gasteiger partial charge is 0.356 e. The van der Waals surface area contributed by atoms with Crippen molar-refractivity contribution in [1.82, 2.24) is 14.6 Å². The Kier molecular flexibility index (Phi) is 7.49. The number of sulfonamides is 1. The second kappa shape index (κ2) is 8.53. The van der Waals surface area contributed by atoms with Crippen LogP contribution in [0, 0.1) is 5.92 Å². The van der Waals surface area contributed by atoms with Crippen LogP contribution >= 0.6 is 12.4 Å². The molecule has 25 heavy (non-hydrogen) atoms. The zero-order valence-electron chi connectivity index (χ0n) is 15.0. The van der Waals surface area contributed by atoms with Crippen LogP contribution in [0.15, 0.2) is 17.2 Å². The standard InChI is InChI=1S/C16H28N4O3S.ClH/c1-12(2)9-16(3,11-17)19-24(22,23)13-8-14(18-10-13)15(21)20-6-4-5-7-20;/h8,10,12,18-19H,4-7,9,11,17H2,1-3H3;1H. The molecule has 1 aromatic rings. The van der Waals surface area contributed by atoms with E-state index in [-0.39, 0.29) is 29.8 Å². The molecule has 0 spiro atoms. The fourth-order valence-electron chi connectivity index (χ4n) is 3.19. The maximum Gasteiger partial charge on any atom is 0.270 e. The van der Waals surface area contributed by atoms with Crippen LogP contribution in [0.4, 0.5) is 0 Å². The van der Waals surface area contributed by atoms with Crippen LogP contribution in [0.5, 0.6) is 0 Å². The summed E-state index contributed by atoms with van der Waals surface area (Å²) in [5.74, 6) is 0.150. The molecular formula is C16H29ClN4O3S. The van der Waals surface area contributed by atoms with Gasteiger partial charge in [-0.2, -0.15) is 0 Å². The Bertz CT molecular complexity index is 683. The summed E-state index contributed by atoms with van der Waals surface area (Å²) < 4.78 is 28.0. The molecule has 1 aliphatic rings. The quantitative estimate of drug-likeness (QED) is 0.656. The van der Waals surface area contributed by atoms with Crippen molar-refractivity contribution in [1.29, 1.82) is 0 Å². The number of H-pyrrole nitrogens is 1. The fraction of sp³-hybridized carbons (Fsp3) is 0.688. The molecule has 4 N–H and O–H groups in total. The van der Waals surface area contributed by atoms with Crippen molar-refractivity contribution in [2.24, 2.45) is 11.7 Å². The van der Waals surface area contributed by atoms with Gasteiger partial charge in [-0.05, 0) is 38.2 Å². The van der Waals surface area contributed by atoms with Crippen molar-refractivity contribution >= 4 is 28.3 Å². The van der Waals surface area contributed by atoms with Gasteiger partial charge in [0.1, 0.15) is 10.6 Å². The summed E-state index contributed by atoms with van der Waals surface area (Å²) >= 11 is 0. The normalized spacial score (nSPS) is 17.4. The lowest BCUT2D eigenvalue weighted by Gasteiger charge is -2.30. The number of hydrogen-bond acceptors (Lipinski definition) is 4. The molecule has 7 nitrogen and oxygen atoms in total. The molecule has 0 aromatic carbocycles. The highest BCUT2D eigenvalue weighted by Crippen LogP contribution is 2.21. The van der Waals surface area contributed by atoms with Crippen molar-refractivity contribution in [2.45, 2.75) is 50.5 Å². The second-order valence-electron chi connectivity index (χ2n) is 7.22. The molecule has 144 valence electrons. The highest BCUT2D eigenvalue weighted by molar-refractivity contribution is 7.89. The first-order valence-electron chi connectivity index (χ1n) is 8.38. The molecule has 9 heteroatoms. The van der Waals surface area contributed by atoms with E-state index in [0.29, 0.717) is 18.0 Å². The zero-order chi connectivity index (χ0) is 18.0. The summed E-state index contributed by atoms with van der Waals surface area (Å²) in [6, 6.07) is 1.40. The van der Waals surface area contributed by atoms with E-state index >= 15 is 0 Å². The predicted octanol–water partition coefficient (Wildman–Crippen LogP) is 1.71. The Morgan fingerprint density at radius 1 is 1.40 bits per heavy atom. The summed E-state index contributed by atoms with van der Waals surface area (Å²) in [6.45, 7) is 7.48. The van der Waals surface area contributed by atoms with Gasteiger partial charge in [0.05, 0.1) is 0 Å². The maximum atomic E-state index is 12.6. The zero-order valence-corrected chi connectivity index (χ0v) is 16.7. The Labute approximate surface area is 156 Å². The van der Waals surface area contributed by atoms with E-state index in [4.69, 9.17) is 5.73 Å². The highest BCUT2D eigenvalue weighted by atomic mass is 35.5. The fourth-order valence-corrected chi connectivity index (χ4v) is 4.62. The molecule has 2 rings (SSSR count). The average Bonchev–Trinajstić information content (AvgIpc) is 3.17. The molecule has 1 aliphatic heterocycles. The van der Waals surface area contributed by atoms with Crippen molar-refractivity contribution in [3.05, 3.63) is 18.0 Å². The second-order valence-corrected chi connectivity index (χ2v) is 8.90. The van der Waals surface area contributed by atoms with Crippen molar-refractivity contribution in [3.63, 3.8) is 0 Å². The molecule has 1 aromatic heterocycles. The number of carbonyl (C=O) groups is 1. The summed E-state index contributed by atoms with van der Waals surface area (Å²) in [5, 5.41) is 0. The number of hydrogen-bond donors (Lipinski definition) is 3. The third-order valence-corrected chi connectivity index (χ3v) is 5.90. The summed E-state index contributed by atoms with van der Waals surface area (Å²) in [4.78, 5) is 16.9. The number of amides is 1. The van der Waals surface area contributed by atoms with E-state index in [0.717, 1.165) is 25.9 Å². The molecular weight excluding hydrogens is 364 g/mol. The number of halogens is 1. The predicted molar refractivity (Wildman–Crippen MR) is 100 cm³/mol. The Hall–Kier alpha value is -1.09. The van der Waals surface area contributed by atoms with E-state index < -0.39 is 15.6 Å². The topological polar surface area (TPSA) is 108 Å². The van der Waals surface area contributed by atoms with Crippen molar-refractivity contribution in [2.75, 3.05) is 19.6 Å². The summed E-state index contributed by atoms with van der Waals surface area (Å²) in [6.07, 6.45) is 3.97. The van der Waals surface area contributed by atoms with Crippen LogP contribution in [-0.4, -0.2) is 49.4 Å².